The second-order valence-corrected chi connectivity index (χ2v) is 6.28. The van der Waals surface area contributed by atoms with Crippen LogP contribution in [0.1, 0.15) is 56.1 Å². The Morgan fingerprint density at radius 3 is 2.75 bits per heavy atom. The van der Waals surface area contributed by atoms with Gasteiger partial charge in [0.25, 0.3) is 0 Å². The lowest BCUT2D eigenvalue weighted by atomic mass is 9.89. The predicted molar refractivity (Wildman–Crippen MR) is 83.7 cm³/mol. The van der Waals surface area contributed by atoms with E-state index in [1.165, 1.54) is 44.2 Å². The van der Waals surface area contributed by atoms with Crippen LogP contribution < -0.4 is 5.32 Å². The largest absolute Gasteiger partial charge is 0.465 e. The minimum atomic E-state index is 0.837. The number of nitrogens with zero attached hydrogens (tertiary/aromatic N) is 1. The van der Waals surface area contributed by atoms with Crippen LogP contribution in [0.3, 0.4) is 0 Å². The van der Waals surface area contributed by atoms with E-state index in [2.05, 4.69) is 37.2 Å². The fourth-order valence-corrected chi connectivity index (χ4v) is 3.25. The van der Waals surface area contributed by atoms with Gasteiger partial charge >= 0.3 is 0 Å². The summed E-state index contributed by atoms with van der Waals surface area (Å²) in [5, 5.41) is 3.32. The molecule has 1 heterocycles. The molecule has 1 aliphatic rings. The van der Waals surface area contributed by atoms with E-state index in [9.17, 15) is 0 Å². The zero-order chi connectivity index (χ0) is 14.4. The Bertz CT molecular complexity index is 394. The summed E-state index contributed by atoms with van der Waals surface area (Å²) in [5.74, 6) is 3.04. The van der Waals surface area contributed by atoms with E-state index in [1.54, 1.807) is 0 Å². The van der Waals surface area contributed by atoms with Crippen LogP contribution in [0.2, 0.25) is 0 Å². The fraction of sp³-hybridized carbons (Fsp3) is 0.765. The maximum Gasteiger partial charge on any atom is 0.118 e. The summed E-state index contributed by atoms with van der Waals surface area (Å²) in [6, 6.07) is 2.22. The Morgan fingerprint density at radius 2 is 2.05 bits per heavy atom. The molecule has 0 saturated heterocycles. The minimum absolute atomic E-state index is 0.837. The van der Waals surface area contributed by atoms with Crippen molar-refractivity contribution < 1.29 is 4.42 Å². The SMILES string of the molecule is CCNCc1cc(CN(C)CC2CCCCC2)c(C)o1. The molecule has 0 bridgehead atoms. The van der Waals surface area contributed by atoms with Gasteiger partial charge in [-0.15, -0.1) is 0 Å². The number of hydrogen-bond acceptors (Lipinski definition) is 3. The van der Waals surface area contributed by atoms with Crippen molar-refractivity contribution in [2.75, 3.05) is 20.1 Å². The van der Waals surface area contributed by atoms with Crippen molar-refractivity contribution in [1.29, 1.82) is 0 Å². The van der Waals surface area contributed by atoms with Gasteiger partial charge in [-0.25, -0.2) is 0 Å². The number of furan rings is 1. The molecule has 3 heteroatoms. The first kappa shape index (κ1) is 15.6. The van der Waals surface area contributed by atoms with Gasteiger partial charge in [-0.05, 0) is 45.3 Å². The van der Waals surface area contributed by atoms with Crippen LogP contribution in [-0.2, 0) is 13.1 Å². The zero-order valence-electron chi connectivity index (χ0n) is 13.4. The third kappa shape index (κ3) is 4.64. The average Bonchev–Trinajstić information content (AvgIpc) is 2.78. The fourth-order valence-electron chi connectivity index (χ4n) is 3.25. The van der Waals surface area contributed by atoms with Crippen LogP contribution in [0.25, 0.3) is 0 Å². The summed E-state index contributed by atoms with van der Waals surface area (Å²) < 4.78 is 5.82. The molecule has 2 rings (SSSR count). The third-order valence-electron chi connectivity index (χ3n) is 4.36. The zero-order valence-corrected chi connectivity index (χ0v) is 13.4. The summed E-state index contributed by atoms with van der Waals surface area (Å²) in [6.07, 6.45) is 7.13. The van der Waals surface area contributed by atoms with E-state index in [1.807, 2.05) is 0 Å². The molecule has 20 heavy (non-hydrogen) atoms. The predicted octanol–water partition coefficient (Wildman–Crippen LogP) is 3.71. The maximum absolute atomic E-state index is 5.82. The van der Waals surface area contributed by atoms with Gasteiger partial charge in [0.15, 0.2) is 0 Å². The van der Waals surface area contributed by atoms with E-state index < -0.39 is 0 Å². The second kappa shape index (κ2) is 7.84. The van der Waals surface area contributed by atoms with Crippen LogP contribution in [0.5, 0.6) is 0 Å². The van der Waals surface area contributed by atoms with Crippen LogP contribution in [-0.4, -0.2) is 25.0 Å². The lowest BCUT2D eigenvalue weighted by Gasteiger charge is -2.26. The van der Waals surface area contributed by atoms with Gasteiger partial charge in [0, 0.05) is 18.7 Å². The Hall–Kier alpha value is -0.800. The first-order valence-electron chi connectivity index (χ1n) is 8.16. The molecule has 1 aromatic rings. The molecule has 0 aromatic carbocycles. The molecule has 0 unspecified atom stereocenters. The molecule has 1 aromatic heterocycles. The summed E-state index contributed by atoms with van der Waals surface area (Å²) in [7, 11) is 2.24. The molecular weight excluding hydrogens is 248 g/mol. The third-order valence-corrected chi connectivity index (χ3v) is 4.36. The van der Waals surface area contributed by atoms with E-state index in [0.29, 0.717) is 0 Å². The molecule has 1 aliphatic carbocycles. The topological polar surface area (TPSA) is 28.4 Å². The highest BCUT2D eigenvalue weighted by atomic mass is 16.3. The van der Waals surface area contributed by atoms with Crippen molar-refractivity contribution in [3.05, 3.63) is 23.2 Å². The van der Waals surface area contributed by atoms with Crippen LogP contribution >= 0.6 is 0 Å². The van der Waals surface area contributed by atoms with Gasteiger partial charge in [0.05, 0.1) is 6.54 Å². The number of nitrogens with one attached hydrogen (secondary N) is 1. The minimum Gasteiger partial charge on any atom is -0.465 e. The van der Waals surface area contributed by atoms with Crippen molar-refractivity contribution in [2.24, 2.45) is 5.92 Å². The monoisotopic (exact) mass is 278 g/mol. The molecule has 3 nitrogen and oxygen atoms in total. The lowest BCUT2D eigenvalue weighted by molar-refractivity contribution is 0.227. The first-order valence-corrected chi connectivity index (χ1v) is 8.16. The van der Waals surface area contributed by atoms with E-state index in [-0.39, 0.29) is 0 Å². The van der Waals surface area contributed by atoms with Crippen molar-refractivity contribution in [3.8, 4) is 0 Å². The van der Waals surface area contributed by atoms with E-state index in [4.69, 9.17) is 4.42 Å². The van der Waals surface area contributed by atoms with Crippen molar-refractivity contribution in [2.45, 2.75) is 59.0 Å². The van der Waals surface area contributed by atoms with Gasteiger partial charge in [-0.3, -0.25) is 0 Å². The summed E-state index contributed by atoms with van der Waals surface area (Å²) in [5.41, 5.74) is 1.34. The van der Waals surface area contributed by atoms with Crippen molar-refractivity contribution >= 4 is 0 Å². The van der Waals surface area contributed by atoms with Gasteiger partial charge in [-0.2, -0.15) is 0 Å². The highest BCUT2D eigenvalue weighted by Crippen LogP contribution is 2.25. The maximum atomic E-state index is 5.82. The molecule has 0 aliphatic heterocycles. The van der Waals surface area contributed by atoms with E-state index in [0.717, 1.165) is 37.1 Å². The summed E-state index contributed by atoms with van der Waals surface area (Å²) >= 11 is 0. The van der Waals surface area contributed by atoms with Crippen LogP contribution in [0, 0.1) is 12.8 Å². The molecule has 0 spiro atoms. The van der Waals surface area contributed by atoms with Gasteiger partial charge in [0.2, 0.25) is 0 Å². The molecule has 0 atom stereocenters. The number of hydrogen-bond donors (Lipinski definition) is 1. The first-order chi connectivity index (χ1) is 9.69. The van der Waals surface area contributed by atoms with Crippen LogP contribution in [0.15, 0.2) is 10.5 Å². The van der Waals surface area contributed by atoms with E-state index >= 15 is 0 Å². The van der Waals surface area contributed by atoms with Gasteiger partial charge in [0.1, 0.15) is 11.5 Å². The Kier molecular flexibility index (Phi) is 6.11. The molecule has 0 amide bonds. The van der Waals surface area contributed by atoms with Crippen molar-refractivity contribution in [3.63, 3.8) is 0 Å². The molecule has 114 valence electrons. The number of rotatable bonds is 7. The smallest absolute Gasteiger partial charge is 0.118 e. The number of aryl methyl sites for hydroxylation is 1. The second-order valence-electron chi connectivity index (χ2n) is 6.28. The summed E-state index contributed by atoms with van der Waals surface area (Å²) in [6.45, 7) is 8.26. The van der Waals surface area contributed by atoms with Crippen LogP contribution in [0.4, 0.5) is 0 Å². The van der Waals surface area contributed by atoms with Crippen molar-refractivity contribution in [1.82, 2.24) is 10.2 Å². The summed E-state index contributed by atoms with van der Waals surface area (Å²) in [4.78, 5) is 2.46. The molecule has 1 fully saturated rings. The highest BCUT2D eigenvalue weighted by Gasteiger charge is 2.16. The lowest BCUT2D eigenvalue weighted by Crippen LogP contribution is -2.26. The van der Waals surface area contributed by atoms with Gasteiger partial charge in [-0.1, -0.05) is 26.2 Å². The van der Waals surface area contributed by atoms with Gasteiger partial charge < -0.3 is 14.6 Å². The Balaban J connectivity index is 1.83. The molecule has 0 radical (unpaired) electrons. The quantitative estimate of drug-likeness (QED) is 0.824. The Labute approximate surface area is 123 Å². The Morgan fingerprint density at radius 1 is 1.30 bits per heavy atom. The highest BCUT2D eigenvalue weighted by molar-refractivity contribution is 5.20. The average molecular weight is 278 g/mol. The molecular formula is C17H30N2O. The standard InChI is InChI=1S/C17H30N2O/c1-4-18-11-17-10-16(14(2)20-17)13-19(3)12-15-8-6-5-7-9-15/h10,15,18H,4-9,11-13H2,1-3H3. The normalized spacial score (nSPS) is 17.0. The molecule has 1 saturated carbocycles. The molecule has 1 N–H and O–H groups in total.